The lowest BCUT2D eigenvalue weighted by molar-refractivity contribution is -0.144. The van der Waals surface area contributed by atoms with Crippen LogP contribution >= 0.6 is 0 Å². The monoisotopic (exact) mass is 208 g/mol. The fourth-order valence-electron chi connectivity index (χ4n) is 1.50. The summed E-state index contributed by atoms with van der Waals surface area (Å²) in [6.07, 6.45) is 2.27. The van der Waals surface area contributed by atoms with Gasteiger partial charge < -0.3 is 0 Å². The van der Waals surface area contributed by atoms with Gasteiger partial charge in [-0.15, -0.1) is 0 Å². The molecule has 15 heavy (non-hydrogen) atoms. The van der Waals surface area contributed by atoms with Crippen LogP contribution in [0.4, 0.5) is 0 Å². The van der Waals surface area contributed by atoms with Crippen molar-refractivity contribution in [1.29, 1.82) is 0 Å². The summed E-state index contributed by atoms with van der Waals surface area (Å²) in [5.41, 5.74) is 0. The first-order chi connectivity index (χ1) is 6.93. The van der Waals surface area contributed by atoms with Gasteiger partial charge in [0.1, 0.15) is 0 Å². The fourth-order valence-corrected chi connectivity index (χ4v) is 1.50. The second-order valence-corrected chi connectivity index (χ2v) is 3.83. The van der Waals surface area contributed by atoms with E-state index in [0.717, 1.165) is 12.2 Å². The molecule has 4 nitrogen and oxygen atoms in total. The molecule has 80 valence electrons. The van der Waals surface area contributed by atoms with Gasteiger partial charge in [0.25, 0.3) is 5.78 Å². The molecule has 0 saturated carbocycles. The summed E-state index contributed by atoms with van der Waals surface area (Å²) in [6, 6.07) is 0. The number of Topliss-reactive ketones (excluding diaryl/α,β-unsaturated/α-hetero) is 2. The largest absolute Gasteiger partial charge is 0.295 e. The van der Waals surface area contributed by atoms with Gasteiger partial charge in [-0.2, -0.15) is 0 Å². The zero-order chi connectivity index (χ0) is 11.6. The van der Waals surface area contributed by atoms with E-state index < -0.39 is 23.3 Å². The Morgan fingerprint density at radius 1 is 1.00 bits per heavy atom. The highest BCUT2D eigenvalue weighted by atomic mass is 16.2. The van der Waals surface area contributed by atoms with Crippen LogP contribution in [0.25, 0.3) is 0 Å². The summed E-state index contributed by atoms with van der Waals surface area (Å²) in [5.74, 6) is -3.77. The lowest BCUT2D eigenvalue weighted by atomic mass is 9.90. The van der Waals surface area contributed by atoms with Crippen molar-refractivity contribution < 1.29 is 19.2 Å². The Bertz CT molecular complexity index is 365. The lowest BCUT2D eigenvalue weighted by Gasteiger charge is -2.11. The van der Waals surface area contributed by atoms with Gasteiger partial charge in [0.05, 0.1) is 0 Å². The fraction of sp³-hybridized carbons (Fsp3) is 0.455. The van der Waals surface area contributed by atoms with E-state index in [9.17, 15) is 19.2 Å². The Balaban J connectivity index is 3.04. The molecule has 0 saturated heterocycles. The molecule has 0 fully saturated rings. The van der Waals surface area contributed by atoms with E-state index in [4.69, 9.17) is 0 Å². The van der Waals surface area contributed by atoms with Crippen molar-refractivity contribution in [1.82, 2.24) is 0 Å². The van der Waals surface area contributed by atoms with Crippen LogP contribution in [0.3, 0.4) is 0 Å². The van der Waals surface area contributed by atoms with Crippen LogP contribution in [0, 0.1) is 11.8 Å². The highest BCUT2D eigenvalue weighted by Crippen LogP contribution is 2.16. The molecule has 0 aromatic heterocycles. The van der Waals surface area contributed by atoms with Crippen LogP contribution in [0.5, 0.6) is 0 Å². The van der Waals surface area contributed by atoms with Gasteiger partial charge in [-0.3, -0.25) is 19.2 Å². The number of rotatable bonds is 0. The highest BCUT2D eigenvalue weighted by Gasteiger charge is 2.29. The van der Waals surface area contributed by atoms with Gasteiger partial charge in [-0.05, 0) is 18.6 Å². The summed E-state index contributed by atoms with van der Waals surface area (Å²) in [7, 11) is 0. The maximum atomic E-state index is 11.4. The molecule has 0 aromatic carbocycles. The Morgan fingerprint density at radius 2 is 1.60 bits per heavy atom. The Morgan fingerprint density at radius 3 is 2.20 bits per heavy atom. The minimum absolute atomic E-state index is 0.224. The van der Waals surface area contributed by atoms with E-state index in [1.807, 2.05) is 0 Å². The molecule has 0 heterocycles. The Kier molecular flexibility index (Phi) is 3.29. The molecule has 2 unspecified atom stereocenters. The second-order valence-electron chi connectivity index (χ2n) is 3.83. The van der Waals surface area contributed by atoms with Crippen LogP contribution in [0.2, 0.25) is 0 Å². The van der Waals surface area contributed by atoms with Gasteiger partial charge in [0, 0.05) is 11.8 Å². The van der Waals surface area contributed by atoms with Gasteiger partial charge in [-0.1, -0.05) is 13.8 Å². The third kappa shape index (κ3) is 2.46. The summed E-state index contributed by atoms with van der Waals surface area (Å²) >= 11 is 0. The van der Waals surface area contributed by atoms with Crippen molar-refractivity contribution in [3.63, 3.8) is 0 Å². The predicted molar refractivity (Wildman–Crippen MR) is 52.1 cm³/mol. The third-order valence-corrected chi connectivity index (χ3v) is 2.49. The molecule has 0 aromatic rings. The summed E-state index contributed by atoms with van der Waals surface area (Å²) < 4.78 is 0. The van der Waals surface area contributed by atoms with Crippen LogP contribution < -0.4 is 0 Å². The van der Waals surface area contributed by atoms with Crippen molar-refractivity contribution in [3.8, 4) is 0 Å². The average molecular weight is 208 g/mol. The molecular weight excluding hydrogens is 196 g/mol. The molecular formula is C11H12O4. The van der Waals surface area contributed by atoms with Crippen molar-refractivity contribution in [2.75, 3.05) is 0 Å². The highest BCUT2D eigenvalue weighted by molar-refractivity contribution is 6.66. The Hall–Kier alpha value is -1.58. The molecule has 4 heteroatoms. The van der Waals surface area contributed by atoms with Gasteiger partial charge in [0.2, 0.25) is 11.6 Å². The number of allylic oxidation sites excluding steroid dienone is 2. The van der Waals surface area contributed by atoms with Crippen molar-refractivity contribution >= 4 is 23.1 Å². The predicted octanol–water partition coefficient (Wildman–Crippen LogP) is 0.495. The molecule has 0 radical (unpaired) electrons. The summed E-state index contributed by atoms with van der Waals surface area (Å²) in [4.78, 5) is 45.1. The molecule has 1 rings (SSSR count). The number of hydrogen-bond donors (Lipinski definition) is 0. The minimum Gasteiger partial charge on any atom is -0.295 e. The van der Waals surface area contributed by atoms with Crippen molar-refractivity contribution in [2.45, 2.75) is 20.3 Å². The normalized spacial score (nSPS) is 28.7. The summed E-state index contributed by atoms with van der Waals surface area (Å²) in [5, 5.41) is 0. The van der Waals surface area contributed by atoms with E-state index >= 15 is 0 Å². The van der Waals surface area contributed by atoms with Gasteiger partial charge in [0.15, 0.2) is 5.78 Å². The first-order valence-corrected chi connectivity index (χ1v) is 4.78. The first kappa shape index (κ1) is 11.5. The van der Waals surface area contributed by atoms with E-state index in [2.05, 4.69) is 0 Å². The Labute approximate surface area is 87.3 Å². The van der Waals surface area contributed by atoms with E-state index in [1.54, 1.807) is 13.8 Å². The van der Waals surface area contributed by atoms with Gasteiger partial charge >= 0.3 is 0 Å². The van der Waals surface area contributed by atoms with Crippen LogP contribution in [-0.4, -0.2) is 23.1 Å². The molecule has 1 aliphatic carbocycles. The second kappa shape index (κ2) is 4.29. The maximum Gasteiger partial charge on any atom is 0.268 e. The lowest BCUT2D eigenvalue weighted by Crippen LogP contribution is -2.28. The molecule has 1 aliphatic rings. The first-order valence-electron chi connectivity index (χ1n) is 4.78. The quantitative estimate of drug-likeness (QED) is 0.543. The third-order valence-electron chi connectivity index (χ3n) is 2.49. The van der Waals surface area contributed by atoms with E-state index in [1.165, 1.54) is 0 Å². The van der Waals surface area contributed by atoms with Gasteiger partial charge in [-0.25, -0.2) is 0 Å². The average Bonchev–Trinajstić information content (AvgIpc) is 2.23. The standard InChI is InChI=1S/C11H12O4/c1-6-5-7(2)10(14)11(15)9(13)4-3-8(6)12/h3-4,6-7H,5H2,1-2H3. The van der Waals surface area contributed by atoms with E-state index in [0.29, 0.717) is 6.42 Å². The maximum absolute atomic E-state index is 11.4. The molecule has 0 bridgehead atoms. The SMILES string of the molecule is CC1CC(C)C(=O)C(=O)C(=O)C=CC1=O. The van der Waals surface area contributed by atoms with Crippen LogP contribution in [0.1, 0.15) is 20.3 Å². The number of carbonyl (C=O) groups excluding carboxylic acids is 4. The van der Waals surface area contributed by atoms with E-state index in [-0.39, 0.29) is 11.7 Å². The zero-order valence-corrected chi connectivity index (χ0v) is 8.65. The molecule has 0 aliphatic heterocycles. The zero-order valence-electron chi connectivity index (χ0n) is 8.65. The van der Waals surface area contributed by atoms with Crippen LogP contribution in [0.15, 0.2) is 12.2 Å². The number of carbonyl (C=O) groups is 4. The topological polar surface area (TPSA) is 68.3 Å². The summed E-state index contributed by atoms with van der Waals surface area (Å²) in [6.45, 7) is 3.24. The van der Waals surface area contributed by atoms with Crippen LogP contribution in [-0.2, 0) is 19.2 Å². The van der Waals surface area contributed by atoms with Crippen molar-refractivity contribution in [2.24, 2.45) is 11.8 Å². The molecule has 0 amide bonds. The van der Waals surface area contributed by atoms with Crippen molar-refractivity contribution in [3.05, 3.63) is 12.2 Å². The molecule has 0 spiro atoms. The molecule has 0 N–H and O–H groups in total. The molecule has 2 atom stereocenters. The minimum atomic E-state index is -1.03. The number of hydrogen-bond acceptors (Lipinski definition) is 4. The smallest absolute Gasteiger partial charge is 0.268 e. The number of ketones is 4.